The van der Waals surface area contributed by atoms with Gasteiger partial charge >= 0.3 is 5.97 Å². The Bertz CT molecular complexity index is 592. The molecule has 0 saturated carbocycles. The minimum Gasteiger partial charge on any atom is -0.478 e. The Morgan fingerprint density at radius 3 is 2.72 bits per heavy atom. The minimum absolute atomic E-state index is 0.131. The van der Waals surface area contributed by atoms with E-state index in [2.05, 4.69) is 25.9 Å². The van der Waals surface area contributed by atoms with Gasteiger partial charge in [-0.2, -0.15) is 0 Å². The maximum Gasteiger partial charge on any atom is 0.338 e. The Balaban J connectivity index is 2.34. The van der Waals surface area contributed by atoms with Crippen LogP contribution in [0.2, 0.25) is 5.02 Å². The third-order valence-corrected chi connectivity index (χ3v) is 3.58. The van der Waals surface area contributed by atoms with Crippen molar-refractivity contribution in [2.75, 3.05) is 0 Å². The van der Waals surface area contributed by atoms with Crippen LogP contribution in [0.4, 0.5) is 0 Å². The summed E-state index contributed by atoms with van der Waals surface area (Å²) in [4.78, 5) is 19.3. The van der Waals surface area contributed by atoms with E-state index in [0.29, 0.717) is 19.5 Å². The number of aromatic nitrogens is 2. The third kappa shape index (κ3) is 3.22. The van der Waals surface area contributed by atoms with Crippen LogP contribution < -0.4 is 0 Å². The van der Waals surface area contributed by atoms with Crippen molar-refractivity contribution in [2.24, 2.45) is 0 Å². The van der Waals surface area contributed by atoms with E-state index in [4.69, 9.17) is 16.7 Å². The average molecular weight is 346 g/mol. The first-order chi connectivity index (χ1) is 8.56. The Morgan fingerprint density at radius 2 is 2.11 bits per heavy atom. The normalized spacial score (nSPS) is 10.3. The second kappa shape index (κ2) is 5.69. The zero-order chi connectivity index (χ0) is 13.1. The van der Waals surface area contributed by atoms with Gasteiger partial charge in [0.05, 0.1) is 10.6 Å². The zero-order valence-electron chi connectivity index (χ0n) is 8.80. The lowest BCUT2D eigenvalue weighted by Gasteiger charge is -2.04. The molecule has 0 fully saturated rings. The fourth-order valence-corrected chi connectivity index (χ4v) is 2.43. The van der Waals surface area contributed by atoms with Gasteiger partial charge in [0.25, 0.3) is 0 Å². The number of carbonyl (C=O) groups is 1. The van der Waals surface area contributed by atoms with Crippen molar-refractivity contribution in [3.63, 3.8) is 0 Å². The summed E-state index contributed by atoms with van der Waals surface area (Å²) in [5, 5.41) is 10.7. The number of aromatic carboxylic acids is 1. The van der Waals surface area contributed by atoms with Crippen molar-refractivity contribution in [2.45, 2.75) is 10.1 Å². The van der Waals surface area contributed by atoms with Gasteiger partial charge in [0.15, 0.2) is 0 Å². The number of nitrogens with zero attached hydrogens (tertiary/aromatic N) is 2. The molecule has 0 unspecified atom stereocenters. The van der Waals surface area contributed by atoms with Gasteiger partial charge in [-0.25, -0.2) is 14.8 Å². The number of pyridine rings is 2. The summed E-state index contributed by atoms with van der Waals surface area (Å²) in [6, 6.07) is 4.91. The highest BCUT2D eigenvalue weighted by atomic mass is 79.9. The third-order valence-electron chi connectivity index (χ3n) is 1.95. The summed E-state index contributed by atoms with van der Waals surface area (Å²) in [6.07, 6.45) is 3.05. The first-order valence-electron chi connectivity index (χ1n) is 4.74. The van der Waals surface area contributed by atoms with Gasteiger partial charge in [-0.3, -0.25) is 0 Å². The van der Waals surface area contributed by atoms with E-state index in [9.17, 15) is 4.79 Å². The quantitative estimate of drug-likeness (QED) is 0.918. The van der Waals surface area contributed by atoms with Gasteiger partial charge in [-0.05, 0) is 45.9 Å². The fourth-order valence-electron chi connectivity index (χ4n) is 1.18. The highest BCUT2D eigenvalue weighted by Crippen LogP contribution is 2.29. The van der Waals surface area contributed by atoms with Crippen molar-refractivity contribution < 1.29 is 9.90 Å². The number of rotatable bonds is 3. The largest absolute Gasteiger partial charge is 0.478 e. The summed E-state index contributed by atoms with van der Waals surface area (Å²) in [5.41, 5.74) is 0.131. The highest BCUT2D eigenvalue weighted by Gasteiger charge is 2.13. The van der Waals surface area contributed by atoms with Crippen molar-refractivity contribution in [1.82, 2.24) is 9.97 Å². The molecule has 0 spiro atoms. The van der Waals surface area contributed by atoms with E-state index >= 15 is 0 Å². The minimum atomic E-state index is -1.03. The molecule has 0 atom stereocenters. The second-order valence-electron chi connectivity index (χ2n) is 3.23. The van der Waals surface area contributed by atoms with Crippen LogP contribution in [0.25, 0.3) is 0 Å². The molecule has 0 radical (unpaired) electrons. The summed E-state index contributed by atoms with van der Waals surface area (Å²) in [7, 11) is 0. The maximum absolute atomic E-state index is 11.1. The van der Waals surface area contributed by atoms with Crippen LogP contribution in [0, 0.1) is 0 Å². The van der Waals surface area contributed by atoms with E-state index in [1.165, 1.54) is 24.0 Å². The van der Waals surface area contributed by atoms with Gasteiger partial charge in [0.1, 0.15) is 10.1 Å². The van der Waals surface area contributed by atoms with Gasteiger partial charge in [0.2, 0.25) is 0 Å². The lowest BCUT2D eigenvalue weighted by molar-refractivity contribution is 0.0692. The predicted molar refractivity (Wildman–Crippen MR) is 72.3 cm³/mol. The predicted octanol–water partition coefficient (Wildman–Crippen LogP) is 3.74. The summed E-state index contributed by atoms with van der Waals surface area (Å²) in [5.74, 6) is -1.03. The molecule has 2 heterocycles. The van der Waals surface area contributed by atoms with E-state index in [0.717, 1.165) is 0 Å². The lowest BCUT2D eigenvalue weighted by Crippen LogP contribution is -2.00. The van der Waals surface area contributed by atoms with Gasteiger partial charge in [-0.1, -0.05) is 11.6 Å². The molecule has 0 aliphatic carbocycles. The lowest BCUT2D eigenvalue weighted by atomic mass is 10.3. The van der Waals surface area contributed by atoms with Crippen molar-refractivity contribution in [1.29, 1.82) is 0 Å². The van der Waals surface area contributed by atoms with E-state index in [-0.39, 0.29) is 5.56 Å². The van der Waals surface area contributed by atoms with Crippen molar-refractivity contribution >= 4 is 45.3 Å². The van der Waals surface area contributed by atoms with Crippen LogP contribution in [-0.4, -0.2) is 21.0 Å². The number of hydrogen-bond acceptors (Lipinski definition) is 4. The van der Waals surface area contributed by atoms with Crippen LogP contribution in [0.3, 0.4) is 0 Å². The van der Waals surface area contributed by atoms with Gasteiger partial charge < -0.3 is 5.11 Å². The van der Waals surface area contributed by atoms with Crippen LogP contribution in [0.15, 0.2) is 45.1 Å². The second-order valence-corrected chi connectivity index (χ2v) is 5.59. The molecule has 0 aliphatic heterocycles. The average Bonchev–Trinajstić information content (AvgIpc) is 2.34. The molecule has 2 aromatic rings. The number of carboxylic acids is 1. The number of halogens is 2. The number of carboxylic acid groups (broad SMARTS) is 1. The smallest absolute Gasteiger partial charge is 0.338 e. The fraction of sp³-hybridized carbons (Fsp3) is 0. The van der Waals surface area contributed by atoms with Crippen LogP contribution >= 0.6 is 39.3 Å². The van der Waals surface area contributed by atoms with Gasteiger partial charge in [0, 0.05) is 16.9 Å². The summed E-state index contributed by atoms with van der Waals surface area (Å²) < 4.78 is 0.619. The molecule has 7 heteroatoms. The molecule has 0 bridgehead atoms. The summed E-state index contributed by atoms with van der Waals surface area (Å²) in [6.45, 7) is 0. The zero-order valence-corrected chi connectivity index (χ0v) is 12.0. The number of hydrogen-bond donors (Lipinski definition) is 1. The molecule has 0 saturated heterocycles. The molecule has 92 valence electrons. The first kappa shape index (κ1) is 13.3. The first-order valence-corrected chi connectivity index (χ1v) is 6.73. The molecular weight excluding hydrogens is 340 g/mol. The molecule has 2 aromatic heterocycles. The Hall–Kier alpha value is -1.11. The van der Waals surface area contributed by atoms with Crippen LogP contribution in [-0.2, 0) is 0 Å². The monoisotopic (exact) mass is 344 g/mol. The van der Waals surface area contributed by atoms with Gasteiger partial charge in [-0.15, -0.1) is 0 Å². The summed E-state index contributed by atoms with van der Waals surface area (Å²) >= 11 is 10.1. The van der Waals surface area contributed by atoms with E-state index in [1.54, 1.807) is 18.3 Å². The Kier molecular flexibility index (Phi) is 4.21. The molecule has 4 nitrogen and oxygen atoms in total. The highest BCUT2D eigenvalue weighted by molar-refractivity contribution is 9.10. The maximum atomic E-state index is 11.1. The standard InChI is InChI=1S/C11H6BrClN2O2S/c12-6-3-8(11(16)17)10(15-4-6)18-9-2-1-7(13)5-14-9/h1-5H,(H,16,17). The molecule has 0 aliphatic rings. The van der Waals surface area contributed by atoms with E-state index < -0.39 is 5.97 Å². The Labute approximate surface area is 121 Å². The molecule has 18 heavy (non-hydrogen) atoms. The topological polar surface area (TPSA) is 63.1 Å². The van der Waals surface area contributed by atoms with E-state index in [1.807, 2.05) is 0 Å². The van der Waals surface area contributed by atoms with Crippen molar-refractivity contribution in [3.05, 3.63) is 45.7 Å². The molecule has 2 rings (SSSR count). The molecular formula is C11H6BrClN2O2S. The van der Waals surface area contributed by atoms with Crippen LogP contribution in [0.5, 0.6) is 0 Å². The molecule has 0 amide bonds. The SMILES string of the molecule is O=C(O)c1cc(Br)cnc1Sc1ccc(Cl)cn1. The molecule has 0 aromatic carbocycles. The van der Waals surface area contributed by atoms with Crippen molar-refractivity contribution in [3.8, 4) is 0 Å². The van der Waals surface area contributed by atoms with Crippen LogP contribution in [0.1, 0.15) is 10.4 Å². The molecule has 1 N–H and O–H groups in total. The Morgan fingerprint density at radius 1 is 1.33 bits per heavy atom.